The average molecular weight is 242 g/mol. The highest BCUT2D eigenvalue weighted by atomic mass is 79.9. The van der Waals surface area contributed by atoms with Crippen molar-refractivity contribution in [3.63, 3.8) is 0 Å². The lowest BCUT2D eigenvalue weighted by atomic mass is 10.2. The molecule has 1 nitrogen and oxygen atoms in total. The van der Waals surface area contributed by atoms with Gasteiger partial charge in [-0.3, -0.25) is 0 Å². The molecule has 0 N–H and O–H groups in total. The van der Waals surface area contributed by atoms with Gasteiger partial charge in [0.15, 0.2) is 0 Å². The van der Waals surface area contributed by atoms with Gasteiger partial charge in [-0.05, 0) is 24.0 Å². The molecule has 0 aliphatic rings. The maximum absolute atomic E-state index is 8.58. The lowest BCUT2D eigenvalue weighted by molar-refractivity contribution is 1.16. The number of benzene rings is 1. The molecule has 0 unspecified atom stereocenters. The monoisotopic (exact) mass is 241 g/mol. The summed E-state index contributed by atoms with van der Waals surface area (Å²) < 4.78 is 1.02. The second-order valence-corrected chi connectivity index (χ2v) is 3.96. The summed E-state index contributed by atoms with van der Waals surface area (Å²) in [5, 5.41) is 8.58. The zero-order valence-corrected chi connectivity index (χ0v) is 9.08. The number of rotatable bonds is 2. The summed E-state index contributed by atoms with van der Waals surface area (Å²) in [4.78, 5) is 1.17. The van der Waals surface area contributed by atoms with Gasteiger partial charge in [0.2, 0.25) is 0 Å². The van der Waals surface area contributed by atoms with Crippen molar-refractivity contribution in [1.82, 2.24) is 0 Å². The van der Waals surface area contributed by atoms with Gasteiger partial charge in [0.05, 0.1) is 12.5 Å². The molecule has 1 aromatic carbocycles. The number of hydrogen-bond donors (Lipinski definition) is 0. The quantitative estimate of drug-likeness (QED) is 0.743. The molecule has 3 heteroatoms. The zero-order valence-electron chi connectivity index (χ0n) is 6.67. The Kier molecular flexibility index (Phi) is 3.64. The van der Waals surface area contributed by atoms with Gasteiger partial charge in [-0.15, -0.1) is 11.8 Å². The van der Waals surface area contributed by atoms with Crippen molar-refractivity contribution in [1.29, 1.82) is 5.26 Å². The van der Waals surface area contributed by atoms with Gasteiger partial charge in [-0.25, -0.2) is 0 Å². The van der Waals surface area contributed by atoms with Gasteiger partial charge in [0, 0.05) is 9.37 Å². The van der Waals surface area contributed by atoms with E-state index in [-0.39, 0.29) is 0 Å². The third kappa shape index (κ3) is 2.02. The molecule has 12 heavy (non-hydrogen) atoms. The molecule has 0 atom stereocenters. The number of nitrogens with zero attached hydrogens (tertiary/aromatic N) is 1. The first-order valence-electron chi connectivity index (χ1n) is 3.48. The molecular formula is C9H8BrNS. The van der Waals surface area contributed by atoms with Gasteiger partial charge in [-0.2, -0.15) is 5.26 Å². The zero-order chi connectivity index (χ0) is 8.97. The number of halogens is 1. The van der Waals surface area contributed by atoms with Crippen LogP contribution in [-0.2, 0) is 6.42 Å². The predicted octanol–water partition coefficient (Wildman–Crippen LogP) is 3.24. The van der Waals surface area contributed by atoms with Crippen molar-refractivity contribution >= 4 is 27.7 Å². The van der Waals surface area contributed by atoms with E-state index in [2.05, 4.69) is 22.0 Å². The Morgan fingerprint density at radius 2 is 2.33 bits per heavy atom. The van der Waals surface area contributed by atoms with E-state index < -0.39 is 0 Å². The second kappa shape index (κ2) is 4.54. The van der Waals surface area contributed by atoms with Crippen molar-refractivity contribution < 1.29 is 0 Å². The topological polar surface area (TPSA) is 23.8 Å². The van der Waals surface area contributed by atoms with Gasteiger partial charge in [0.25, 0.3) is 0 Å². The van der Waals surface area contributed by atoms with E-state index in [4.69, 9.17) is 5.26 Å². The summed E-state index contributed by atoms with van der Waals surface area (Å²) in [7, 11) is 0. The molecule has 1 rings (SSSR count). The lowest BCUT2D eigenvalue weighted by Crippen LogP contribution is -1.87. The maximum Gasteiger partial charge on any atom is 0.0670 e. The van der Waals surface area contributed by atoms with E-state index in [1.54, 1.807) is 11.8 Å². The molecule has 62 valence electrons. The van der Waals surface area contributed by atoms with Crippen molar-refractivity contribution in [3.8, 4) is 6.07 Å². The fraction of sp³-hybridized carbons (Fsp3) is 0.222. The minimum absolute atomic E-state index is 0.470. The first-order valence-corrected chi connectivity index (χ1v) is 5.49. The third-order valence-corrected chi connectivity index (χ3v) is 3.12. The summed E-state index contributed by atoms with van der Waals surface area (Å²) in [6, 6.07) is 8.13. The van der Waals surface area contributed by atoms with E-state index >= 15 is 0 Å². The van der Waals surface area contributed by atoms with Crippen LogP contribution in [0.1, 0.15) is 5.56 Å². The minimum Gasteiger partial charge on any atom is -0.198 e. The average Bonchev–Trinajstić information content (AvgIpc) is 2.09. The van der Waals surface area contributed by atoms with Crippen molar-refractivity contribution in [2.45, 2.75) is 11.3 Å². The van der Waals surface area contributed by atoms with Crippen LogP contribution in [0, 0.1) is 11.3 Å². The number of hydrogen-bond acceptors (Lipinski definition) is 2. The molecule has 0 saturated heterocycles. The van der Waals surface area contributed by atoms with Crippen LogP contribution in [-0.4, -0.2) is 6.26 Å². The van der Waals surface area contributed by atoms with Crippen LogP contribution < -0.4 is 0 Å². The molecule has 0 saturated carbocycles. The largest absolute Gasteiger partial charge is 0.198 e. The van der Waals surface area contributed by atoms with Crippen LogP contribution >= 0.6 is 27.7 Å². The van der Waals surface area contributed by atoms with Crippen LogP contribution in [0.25, 0.3) is 0 Å². The number of thioether (sulfide) groups is 1. The first-order chi connectivity index (χ1) is 5.79. The van der Waals surface area contributed by atoms with E-state index in [0.717, 1.165) is 10.0 Å². The molecule has 0 amide bonds. The SMILES string of the molecule is CSc1cccc(Br)c1CC#N. The Labute approximate surface area is 84.9 Å². The predicted molar refractivity (Wildman–Crippen MR) is 55.2 cm³/mol. The Hall–Kier alpha value is -0.460. The molecule has 0 spiro atoms. The number of nitriles is 1. The Balaban J connectivity index is 3.12. The highest BCUT2D eigenvalue weighted by Crippen LogP contribution is 2.27. The van der Waals surface area contributed by atoms with E-state index in [0.29, 0.717) is 6.42 Å². The fourth-order valence-electron chi connectivity index (χ4n) is 0.981. The molecule has 1 aromatic rings. The normalized spacial score (nSPS) is 9.42. The molecule has 0 aromatic heterocycles. The van der Waals surface area contributed by atoms with Gasteiger partial charge >= 0.3 is 0 Å². The highest BCUT2D eigenvalue weighted by Gasteiger charge is 2.03. The maximum atomic E-state index is 8.58. The molecule has 0 heterocycles. The Bertz CT molecular complexity index is 317. The first kappa shape index (κ1) is 9.63. The molecule has 0 fully saturated rings. The fourth-order valence-corrected chi connectivity index (χ4v) is 2.26. The van der Waals surface area contributed by atoms with Crippen LogP contribution in [0.4, 0.5) is 0 Å². The van der Waals surface area contributed by atoms with Crippen LogP contribution in [0.3, 0.4) is 0 Å². The summed E-state index contributed by atoms with van der Waals surface area (Å²) in [6.07, 6.45) is 2.49. The summed E-state index contributed by atoms with van der Waals surface area (Å²) in [5.41, 5.74) is 1.09. The van der Waals surface area contributed by atoms with Crippen molar-refractivity contribution in [3.05, 3.63) is 28.2 Å². The van der Waals surface area contributed by atoms with Gasteiger partial charge in [0.1, 0.15) is 0 Å². The second-order valence-electron chi connectivity index (χ2n) is 2.26. The van der Waals surface area contributed by atoms with E-state index in [9.17, 15) is 0 Å². The van der Waals surface area contributed by atoms with Crippen LogP contribution in [0.2, 0.25) is 0 Å². The summed E-state index contributed by atoms with van der Waals surface area (Å²) in [6.45, 7) is 0. The van der Waals surface area contributed by atoms with Gasteiger partial charge < -0.3 is 0 Å². The van der Waals surface area contributed by atoms with Crippen LogP contribution in [0.15, 0.2) is 27.6 Å². The summed E-state index contributed by atoms with van der Waals surface area (Å²) in [5.74, 6) is 0. The van der Waals surface area contributed by atoms with E-state index in [1.165, 1.54) is 4.90 Å². The lowest BCUT2D eigenvalue weighted by Gasteiger charge is -2.04. The Morgan fingerprint density at radius 1 is 1.58 bits per heavy atom. The molecule has 0 aliphatic heterocycles. The molecule has 0 radical (unpaired) electrons. The van der Waals surface area contributed by atoms with E-state index in [1.807, 2.05) is 24.5 Å². The minimum atomic E-state index is 0.470. The van der Waals surface area contributed by atoms with Gasteiger partial charge in [-0.1, -0.05) is 22.0 Å². The Morgan fingerprint density at radius 3 is 2.92 bits per heavy atom. The summed E-state index contributed by atoms with van der Waals surface area (Å²) >= 11 is 5.09. The highest BCUT2D eigenvalue weighted by molar-refractivity contribution is 9.10. The standard InChI is InChI=1S/C9H8BrNS/c1-12-9-4-2-3-8(10)7(9)5-6-11/h2-4H,5H2,1H3. The molecular weight excluding hydrogens is 234 g/mol. The van der Waals surface area contributed by atoms with Crippen LogP contribution in [0.5, 0.6) is 0 Å². The van der Waals surface area contributed by atoms with Crippen molar-refractivity contribution in [2.75, 3.05) is 6.26 Å². The smallest absolute Gasteiger partial charge is 0.0670 e. The van der Waals surface area contributed by atoms with Crippen molar-refractivity contribution in [2.24, 2.45) is 0 Å². The third-order valence-electron chi connectivity index (χ3n) is 1.55. The molecule has 0 aliphatic carbocycles. The molecule has 0 bridgehead atoms.